The molecule has 6 nitrogen and oxygen atoms in total. The van der Waals surface area contributed by atoms with E-state index in [0.717, 1.165) is 66.9 Å². The molecule has 4 aromatic rings. The number of aryl methyl sites for hydroxylation is 1. The van der Waals surface area contributed by atoms with E-state index in [1.807, 2.05) is 40.9 Å². The van der Waals surface area contributed by atoms with Gasteiger partial charge in [-0.1, -0.05) is 23.7 Å². The average molecular weight is 477 g/mol. The Kier molecular flexibility index (Phi) is 5.57. The average Bonchev–Trinajstić information content (AvgIpc) is 3.26. The first-order valence-corrected chi connectivity index (χ1v) is 12.3. The summed E-state index contributed by atoms with van der Waals surface area (Å²) in [5.41, 5.74) is 4.67. The number of anilines is 2. The maximum atomic E-state index is 13.3. The van der Waals surface area contributed by atoms with Crippen LogP contribution < -0.4 is 9.80 Å². The number of piperazine rings is 1. The molecule has 0 saturated carbocycles. The third-order valence-electron chi connectivity index (χ3n) is 6.82. The Hall–Kier alpha value is -3.19. The van der Waals surface area contributed by atoms with Gasteiger partial charge in [-0.15, -0.1) is 5.10 Å². The molecule has 2 aromatic heterocycles. The zero-order valence-corrected chi connectivity index (χ0v) is 19.7. The second kappa shape index (κ2) is 8.87. The van der Waals surface area contributed by atoms with Gasteiger partial charge in [0, 0.05) is 48.9 Å². The fraction of sp³-hybridized carbons (Fsp3) is 0.346. The minimum Gasteiger partial charge on any atom is -0.368 e. The van der Waals surface area contributed by atoms with Crippen molar-refractivity contribution in [3.05, 3.63) is 82.0 Å². The predicted molar refractivity (Wildman–Crippen MR) is 133 cm³/mol. The lowest BCUT2D eigenvalue weighted by molar-refractivity contribution is 0.611. The first-order valence-electron chi connectivity index (χ1n) is 11.9. The van der Waals surface area contributed by atoms with Crippen molar-refractivity contribution >= 4 is 28.9 Å². The lowest BCUT2D eigenvalue weighted by atomic mass is 9.96. The molecular formula is C26H26ClFN6. The van der Waals surface area contributed by atoms with E-state index in [1.165, 1.54) is 36.2 Å². The summed E-state index contributed by atoms with van der Waals surface area (Å²) in [7, 11) is 0. The summed E-state index contributed by atoms with van der Waals surface area (Å²) in [6, 6.07) is 14.6. The lowest BCUT2D eigenvalue weighted by Gasteiger charge is -2.38. The van der Waals surface area contributed by atoms with E-state index in [9.17, 15) is 4.39 Å². The van der Waals surface area contributed by atoms with E-state index in [2.05, 4.69) is 9.80 Å². The monoisotopic (exact) mass is 476 g/mol. The smallest absolute Gasteiger partial charge is 0.254 e. The largest absolute Gasteiger partial charge is 0.368 e. The van der Waals surface area contributed by atoms with Crippen LogP contribution >= 0.6 is 11.6 Å². The van der Waals surface area contributed by atoms with Crippen LogP contribution in [0.4, 0.5) is 15.9 Å². The van der Waals surface area contributed by atoms with E-state index >= 15 is 0 Å². The lowest BCUT2D eigenvalue weighted by Crippen LogP contribution is -2.47. The third kappa shape index (κ3) is 4.09. The van der Waals surface area contributed by atoms with Gasteiger partial charge in [-0.25, -0.2) is 9.37 Å². The molecule has 1 fully saturated rings. The molecule has 1 aliphatic carbocycles. The minimum absolute atomic E-state index is 0.200. The molecule has 6 rings (SSSR count). The quantitative estimate of drug-likeness (QED) is 0.427. The van der Waals surface area contributed by atoms with E-state index < -0.39 is 0 Å². The van der Waals surface area contributed by atoms with Crippen LogP contribution in [0.3, 0.4) is 0 Å². The molecule has 0 spiro atoms. The van der Waals surface area contributed by atoms with Gasteiger partial charge in [0.2, 0.25) is 0 Å². The zero-order chi connectivity index (χ0) is 23.1. The Morgan fingerprint density at radius 3 is 2.29 bits per heavy atom. The van der Waals surface area contributed by atoms with Crippen LogP contribution in [-0.4, -0.2) is 45.8 Å². The van der Waals surface area contributed by atoms with Gasteiger partial charge in [-0.05, 0) is 67.6 Å². The Morgan fingerprint density at radius 1 is 0.824 bits per heavy atom. The second-order valence-corrected chi connectivity index (χ2v) is 9.50. The summed E-state index contributed by atoms with van der Waals surface area (Å²) in [6.45, 7) is 3.48. The van der Waals surface area contributed by atoms with Gasteiger partial charge >= 0.3 is 0 Å². The Balaban J connectivity index is 1.32. The molecule has 1 saturated heterocycles. The second-order valence-electron chi connectivity index (χ2n) is 9.06. The fourth-order valence-corrected chi connectivity index (χ4v) is 5.20. The number of nitrogens with zero attached hydrogens (tertiary/aromatic N) is 6. The molecule has 8 heteroatoms. The highest BCUT2D eigenvalue weighted by atomic mass is 35.5. The summed E-state index contributed by atoms with van der Waals surface area (Å²) in [5.74, 6) is 2.39. The molecule has 0 unspecified atom stereocenters. The standard InChI is InChI=1S/C26H26ClFN6/c27-19-7-5-18(6-8-19)17-24-30-26-29-23-4-2-1-3-22(23)25(34(26)31-24)33-15-13-32(14-16-33)21-11-9-20(28)10-12-21/h5-12H,1-4,13-17H2. The highest BCUT2D eigenvalue weighted by molar-refractivity contribution is 6.30. The van der Waals surface area contributed by atoms with Crippen molar-refractivity contribution in [3.8, 4) is 0 Å². The van der Waals surface area contributed by atoms with Crippen molar-refractivity contribution in [1.82, 2.24) is 19.6 Å². The van der Waals surface area contributed by atoms with Crippen molar-refractivity contribution in [2.45, 2.75) is 32.1 Å². The van der Waals surface area contributed by atoms with Crippen LogP contribution in [0.5, 0.6) is 0 Å². The molecule has 3 heterocycles. The van der Waals surface area contributed by atoms with E-state index in [4.69, 9.17) is 26.7 Å². The molecule has 0 radical (unpaired) electrons. The number of rotatable bonds is 4. The van der Waals surface area contributed by atoms with Crippen LogP contribution in [0.1, 0.15) is 35.5 Å². The molecule has 2 aliphatic rings. The molecular weight excluding hydrogens is 451 g/mol. The van der Waals surface area contributed by atoms with E-state index in [1.54, 1.807) is 0 Å². The Bertz CT molecular complexity index is 1310. The minimum atomic E-state index is -0.200. The van der Waals surface area contributed by atoms with Gasteiger partial charge in [0.05, 0.1) is 5.69 Å². The van der Waals surface area contributed by atoms with Gasteiger partial charge in [0.1, 0.15) is 11.6 Å². The van der Waals surface area contributed by atoms with Gasteiger partial charge in [0.15, 0.2) is 5.82 Å². The Morgan fingerprint density at radius 2 is 1.53 bits per heavy atom. The third-order valence-corrected chi connectivity index (χ3v) is 7.08. The first kappa shape index (κ1) is 21.4. The molecule has 0 amide bonds. The Labute approximate surface area is 203 Å². The molecule has 0 atom stereocenters. The van der Waals surface area contributed by atoms with Gasteiger partial charge < -0.3 is 9.80 Å². The van der Waals surface area contributed by atoms with Crippen LogP contribution in [-0.2, 0) is 19.3 Å². The van der Waals surface area contributed by atoms with E-state index in [0.29, 0.717) is 12.2 Å². The summed E-state index contributed by atoms with van der Waals surface area (Å²) in [5, 5.41) is 5.64. The first-order chi connectivity index (χ1) is 16.6. The van der Waals surface area contributed by atoms with Crippen LogP contribution in [0, 0.1) is 5.82 Å². The highest BCUT2D eigenvalue weighted by Crippen LogP contribution is 2.31. The zero-order valence-electron chi connectivity index (χ0n) is 18.9. The number of halogens is 2. The number of hydrogen-bond donors (Lipinski definition) is 0. The maximum absolute atomic E-state index is 13.3. The topological polar surface area (TPSA) is 49.6 Å². The number of benzene rings is 2. The van der Waals surface area contributed by atoms with Crippen molar-refractivity contribution in [2.75, 3.05) is 36.0 Å². The summed E-state index contributed by atoms with van der Waals surface area (Å²) in [4.78, 5) is 14.5. The SMILES string of the molecule is Fc1ccc(N2CCN(c3c4c(nc5nc(Cc6ccc(Cl)cc6)nn35)CCCC4)CC2)cc1. The molecule has 0 N–H and O–H groups in total. The van der Waals surface area contributed by atoms with Crippen LogP contribution in [0.25, 0.3) is 5.78 Å². The summed E-state index contributed by atoms with van der Waals surface area (Å²) < 4.78 is 15.3. The fourth-order valence-electron chi connectivity index (χ4n) is 5.07. The van der Waals surface area contributed by atoms with Crippen molar-refractivity contribution < 1.29 is 4.39 Å². The van der Waals surface area contributed by atoms with Crippen molar-refractivity contribution in [2.24, 2.45) is 0 Å². The molecule has 34 heavy (non-hydrogen) atoms. The van der Waals surface area contributed by atoms with Gasteiger partial charge in [-0.2, -0.15) is 9.50 Å². The maximum Gasteiger partial charge on any atom is 0.254 e. The normalized spacial score (nSPS) is 16.2. The number of hydrogen-bond acceptors (Lipinski definition) is 5. The van der Waals surface area contributed by atoms with Gasteiger partial charge in [-0.3, -0.25) is 0 Å². The molecule has 174 valence electrons. The van der Waals surface area contributed by atoms with Gasteiger partial charge in [0.25, 0.3) is 5.78 Å². The summed E-state index contributed by atoms with van der Waals surface area (Å²) >= 11 is 6.04. The number of fused-ring (bicyclic) bond motifs is 2. The molecule has 1 aliphatic heterocycles. The van der Waals surface area contributed by atoms with Crippen molar-refractivity contribution in [3.63, 3.8) is 0 Å². The molecule has 0 bridgehead atoms. The summed E-state index contributed by atoms with van der Waals surface area (Å²) in [6.07, 6.45) is 5.00. The predicted octanol–water partition coefficient (Wildman–Crippen LogP) is 4.71. The molecule has 2 aromatic carbocycles. The highest BCUT2D eigenvalue weighted by Gasteiger charge is 2.27. The van der Waals surface area contributed by atoms with Crippen LogP contribution in [0.15, 0.2) is 48.5 Å². The van der Waals surface area contributed by atoms with E-state index in [-0.39, 0.29) is 5.82 Å². The number of aromatic nitrogens is 4. The van der Waals surface area contributed by atoms with Crippen molar-refractivity contribution in [1.29, 1.82) is 0 Å². The van der Waals surface area contributed by atoms with Crippen LogP contribution in [0.2, 0.25) is 5.02 Å².